The minimum absolute atomic E-state index is 0.0172. The van der Waals surface area contributed by atoms with E-state index in [1.807, 2.05) is 0 Å². The Hall–Kier alpha value is -2.28. The molecule has 7 heteroatoms. The van der Waals surface area contributed by atoms with Crippen molar-refractivity contribution in [3.05, 3.63) is 54.1 Å². The molecule has 0 aliphatic heterocycles. The summed E-state index contributed by atoms with van der Waals surface area (Å²) in [5.74, 6) is -0.822. The predicted octanol–water partition coefficient (Wildman–Crippen LogP) is 2.36. The van der Waals surface area contributed by atoms with E-state index < -0.39 is 20.6 Å². The van der Waals surface area contributed by atoms with Gasteiger partial charge in [-0.1, -0.05) is 6.08 Å². The molecule has 0 amide bonds. The summed E-state index contributed by atoms with van der Waals surface area (Å²) in [6.45, 7) is 1.43. The lowest BCUT2D eigenvalue weighted by Gasteiger charge is -2.28. The topological polar surface area (TPSA) is 69.0 Å². The molecule has 0 bridgehead atoms. The Morgan fingerprint density at radius 1 is 1.41 bits per heavy atom. The molecule has 3 rings (SSSR count). The van der Waals surface area contributed by atoms with Crippen LogP contribution in [0.5, 0.6) is 0 Å². The summed E-state index contributed by atoms with van der Waals surface area (Å²) < 4.78 is 39.3. The van der Waals surface area contributed by atoms with Gasteiger partial charge in [0, 0.05) is 23.4 Å². The number of hydrogen-bond acceptors (Lipinski definition) is 4. The van der Waals surface area contributed by atoms with E-state index in [4.69, 9.17) is 0 Å². The molecule has 5 nitrogen and oxygen atoms in total. The molecule has 0 spiro atoms. The fourth-order valence-electron chi connectivity index (χ4n) is 2.47. The van der Waals surface area contributed by atoms with Gasteiger partial charge in [-0.05, 0) is 37.6 Å². The molecule has 2 aromatic heterocycles. The highest BCUT2D eigenvalue weighted by Gasteiger charge is 2.41. The van der Waals surface area contributed by atoms with Crippen LogP contribution in [0.25, 0.3) is 11.0 Å². The van der Waals surface area contributed by atoms with Crippen molar-refractivity contribution in [1.29, 1.82) is 0 Å². The maximum Gasteiger partial charge on any atom is 0.249 e. The van der Waals surface area contributed by atoms with Crippen molar-refractivity contribution < 1.29 is 17.6 Å². The van der Waals surface area contributed by atoms with Crippen molar-refractivity contribution in [2.75, 3.05) is 0 Å². The van der Waals surface area contributed by atoms with Crippen LogP contribution in [0.2, 0.25) is 0 Å². The van der Waals surface area contributed by atoms with E-state index in [1.165, 1.54) is 25.4 Å². The number of aromatic nitrogens is 2. The molecule has 2 heterocycles. The number of halogens is 1. The minimum Gasteiger partial charge on any atom is -0.298 e. The molecule has 1 aliphatic rings. The maximum absolute atomic E-state index is 13.9. The third kappa shape index (κ3) is 2.00. The van der Waals surface area contributed by atoms with E-state index in [1.54, 1.807) is 18.2 Å². The number of rotatable bonds is 3. The summed E-state index contributed by atoms with van der Waals surface area (Å²) >= 11 is 0. The molecule has 22 heavy (non-hydrogen) atoms. The van der Waals surface area contributed by atoms with E-state index >= 15 is 0 Å². The third-order valence-electron chi connectivity index (χ3n) is 3.83. The van der Waals surface area contributed by atoms with E-state index in [9.17, 15) is 17.6 Å². The lowest BCUT2D eigenvalue weighted by molar-refractivity contribution is -0.104. The Bertz CT molecular complexity index is 927. The second kappa shape index (κ2) is 4.88. The molecule has 1 aliphatic carbocycles. The zero-order valence-electron chi connectivity index (χ0n) is 11.7. The summed E-state index contributed by atoms with van der Waals surface area (Å²) in [6, 6.07) is 5.09. The second-order valence-corrected chi connectivity index (χ2v) is 7.60. The van der Waals surface area contributed by atoms with Crippen molar-refractivity contribution in [3.63, 3.8) is 0 Å². The first-order valence-electron chi connectivity index (χ1n) is 6.60. The first kappa shape index (κ1) is 14.6. The zero-order valence-corrected chi connectivity index (χ0v) is 12.5. The summed E-state index contributed by atoms with van der Waals surface area (Å²) in [4.78, 5) is 14.8. The quantitative estimate of drug-likeness (QED) is 0.814. The van der Waals surface area contributed by atoms with Crippen LogP contribution in [0.15, 0.2) is 54.1 Å². The molecule has 0 saturated carbocycles. The summed E-state index contributed by atoms with van der Waals surface area (Å²) in [6.07, 6.45) is 5.59. The average Bonchev–Trinajstić information content (AvgIpc) is 2.91. The fourth-order valence-corrected chi connectivity index (χ4v) is 4.06. The molecule has 0 N–H and O–H groups in total. The van der Waals surface area contributed by atoms with Crippen LogP contribution < -0.4 is 0 Å². The number of allylic oxidation sites excluding steroid dienone is 3. The van der Waals surface area contributed by atoms with Gasteiger partial charge in [-0.2, -0.15) is 0 Å². The van der Waals surface area contributed by atoms with Gasteiger partial charge in [0.15, 0.2) is 11.9 Å². The molecule has 0 radical (unpaired) electrons. The van der Waals surface area contributed by atoms with Gasteiger partial charge in [0.1, 0.15) is 10.6 Å². The van der Waals surface area contributed by atoms with E-state index in [0.29, 0.717) is 17.3 Å². The summed E-state index contributed by atoms with van der Waals surface area (Å²) in [5.41, 5.74) is 0.172. The van der Waals surface area contributed by atoms with Crippen LogP contribution in [-0.4, -0.2) is 28.4 Å². The Morgan fingerprint density at radius 3 is 2.86 bits per heavy atom. The smallest absolute Gasteiger partial charge is 0.249 e. The van der Waals surface area contributed by atoms with Gasteiger partial charge in [-0.15, -0.1) is 0 Å². The average molecular weight is 320 g/mol. The van der Waals surface area contributed by atoms with Crippen LogP contribution in [0, 0.1) is 0 Å². The van der Waals surface area contributed by atoms with Crippen LogP contribution >= 0.6 is 0 Å². The van der Waals surface area contributed by atoms with Gasteiger partial charge < -0.3 is 0 Å². The van der Waals surface area contributed by atoms with Crippen LogP contribution in [-0.2, 0) is 14.8 Å². The normalized spacial score (nSPS) is 22.3. The standard InChI is InChI=1S/C15H13FN2O3S/c1-15(6-4-12(10-19)13(16)9-15)22(20,21)18-8-5-11-3-2-7-17-14(11)18/h2-5,7-10H,6H2,1H3. The highest BCUT2D eigenvalue weighted by Crippen LogP contribution is 2.34. The minimum atomic E-state index is -3.93. The van der Waals surface area contributed by atoms with Crippen molar-refractivity contribution in [1.82, 2.24) is 8.96 Å². The van der Waals surface area contributed by atoms with Crippen molar-refractivity contribution in [2.45, 2.75) is 18.1 Å². The molecular formula is C15H13FN2O3S. The fraction of sp³-hybridized carbons (Fsp3) is 0.200. The van der Waals surface area contributed by atoms with Gasteiger partial charge in [-0.3, -0.25) is 4.79 Å². The van der Waals surface area contributed by atoms with E-state index in [2.05, 4.69) is 4.98 Å². The summed E-state index contributed by atoms with van der Waals surface area (Å²) in [7, 11) is -3.93. The van der Waals surface area contributed by atoms with Crippen LogP contribution in [0.1, 0.15) is 13.3 Å². The van der Waals surface area contributed by atoms with Gasteiger partial charge >= 0.3 is 0 Å². The van der Waals surface area contributed by atoms with E-state index in [-0.39, 0.29) is 12.0 Å². The van der Waals surface area contributed by atoms with Gasteiger partial charge in [0.25, 0.3) is 0 Å². The third-order valence-corrected chi connectivity index (χ3v) is 6.10. The monoisotopic (exact) mass is 320 g/mol. The predicted molar refractivity (Wildman–Crippen MR) is 80.4 cm³/mol. The molecule has 114 valence electrons. The molecular weight excluding hydrogens is 307 g/mol. The van der Waals surface area contributed by atoms with Crippen molar-refractivity contribution in [3.8, 4) is 0 Å². The van der Waals surface area contributed by atoms with Gasteiger partial charge in [-0.25, -0.2) is 21.8 Å². The first-order chi connectivity index (χ1) is 10.4. The number of fused-ring (bicyclic) bond motifs is 1. The second-order valence-electron chi connectivity index (χ2n) is 5.32. The van der Waals surface area contributed by atoms with Crippen molar-refractivity contribution >= 4 is 27.3 Å². The number of pyridine rings is 1. The lowest BCUT2D eigenvalue weighted by Crippen LogP contribution is -2.38. The van der Waals surface area contributed by atoms with E-state index in [0.717, 1.165) is 10.0 Å². The van der Waals surface area contributed by atoms with Crippen molar-refractivity contribution in [2.24, 2.45) is 0 Å². The molecule has 1 atom stereocenters. The van der Waals surface area contributed by atoms with Crippen LogP contribution in [0.3, 0.4) is 0 Å². The number of aldehydes is 1. The number of carbonyl (C=O) groups excluding carboxylic acids is 1. The maximum atomic E-state index is 13.9. The largest absolute Gasteiger partial charge is 0.298 e. The zero-order chi connectivity index (χ0) is 16.0. The lowest BCUT2D eigenvalue weighted by atomic mass is 9.97. The van der Waals surface area contributed by atoms with Crippen LogP contribution in [0.4, 0.5) is 4.39 Å². The SMILES string of the molecule is CC1(S(=O)(=O)n2ccc3cccnc32)C=C(F)C(C=O)=CC1. The molecule has 0 aromatic carbocycles. The molecule has 2 aromatic rings. The highest BCUT2D eigenvalue weighted by atomic mass is 32.2. The Morgan fingerprint density at radius 2 is 2.18 bits per heavy atom. The number of carbonyl (C=O) groups is 1. The highest BCUT2D eigenvalue weighted by molar-refractivity contribution is 7.91. The molecule has 0 fully saturated rings. The Balaban J connectivity index is 2.15. The number of nitrogens with zero attached hydrogens (tertiary/aromatic N) is 2. The number of hydrogen-bond donors (Lipinski definition) is 0. The van der Waals surface area contributed by atoms with Gasteiger partial charge in [0.05, 0.1) is 0 Å². The Kier molecular flexibility index (Phi) is 3.25. The summed E-state index contributed by atoms with van der Waals surface area (Å²) in [5, 5.41) is 0.680. The Labute approximate surface area is 126 Å². The first-order valence-corrected chi connectivity index (χ1v) is 8.04. The molecule has 1 unspecified atom stereocenters. The van der Waals surface area contributed by atoms with Gasteiger partial charge in [0.2, 0.25) is 10.0 Å². The molecule has 0 saturated heterocycles.